The molecule has 6 rings (SSSR count). The van der Waals surface area contributed by atoms with Crippen molar-refractivity contribution in [3.05, 3.63) is 58.7 Å². The van der Waals surface area contributed by atoms with Crippen molar-refractivity contribution in [1.82, 2.24) is 0 Å². The van der Waals surface area contributed by atoms with E-state index < -0.39 is 5.60 Å². The van der Waals surface area contributed by atoms with Crippen LogP contribution in [-0.2, 0) is 4.79 Å². The van der Waals surface area contributed by atoms with Crippen LogP contribution in [0.3, 0.4) is 0 Å². The molecule has 2 fully saturated rings. The van der Waals surface area contributed by atoms with Gasteiger partial charge in [0.15, 0.2) is 17.3 Å². The first-order valence-corrected chi connectivity index (χ1v) is 12.2. The fourth-order valence-electron chi connectivity index (χ4n) is 7.68. The van der Waals surface area contributed by atoms with Crippen molar-refractivity contribution >= 4 is 5.78 Å². The predicted molar refractivity (Wildman–Crippen MR) is 123 cm³/mol. The van der Waals surface area contributed by atoms with Crippen molar-refractivity contribution in [2.24, 2.45) is 17.3 Å². The number of benzene rings is 1. The first kappa shape index (κ1) is 20.3. The second kappa shape index (κ2) is 7.08. The van der Waals surface area contributed by atoms with Gasteiger partial charge in [-0.1, -0.05) is 30.7 Å². The molecule has 0 amide bonds. The minimum Gasteiger partial charge on any atom is -0.454 e. The van der Waals surface area contributed by atoms with Gasteiger partial charge in [-0.15, -0.1) is 0 Å². The summed E-state index contributed by atoms with van der Waals surface area (Å²) in [6.07, 6.45) is 12.3. The highest BCUT2D eigenvalue weighted by atomic mass is 16.7. The first-order valence-electron chi connectivity index (χ1n) is 12.2. The molecule has 1 N–H and O–H groups in total. The molecule has 5 aliphatic rings. The summed E-state index contributed by atoms with van der Waals surface area (Å²) in [4.78, 5) is 12.2. The van der Waals surface area contributed by atoms with Crippen LogP contribution in [0.5, 0.6) is 11.5 Å². The van der Waals surface area contributed by atoms with Crippen molar-refractivity contribution < 1.29 is 19.4 Å². The van der Waals surface area contributed by atoms with Crippen LogP contribution < -0.4 is 9.47 Å². The largest absolute Gasteiger partial charge is 0.454 e. The van der Waals surface area contributed by atoms with Gasteiger partial charge in [-0.2, -0.15) is 0 Å². The highest BCUT2D eigenvalue weighted by molar-refractivity contribution is 5.93. The number of carbonyl (C=O) groups is 1. The molecule has 2 saturated carbocycles. The Bertz CT molecular complexity index is 1080. The maximum atomic E-state index is 12.2. The number of carbonyl (C=O) groups excluding carboxylic acids is 1. The minimum atomic E-state index is -0.768. The lowest BCUT2D eigenvalue weighted by atomic mass is 9.51. The van der Waals surface area contributed by atoms with E-state index >= 15 is 0 Å². The predicted octanol–water partition coefficient (Wildman–Crippen LogP) is 5.62. The van der Waals surface area contributed by atoms with E-state index in [0.717, 1.165) is 50.0 Å². The van der Waals surface area contributed by atoms with Gasteiger partial charge in [-0.25, -0.2) is 0 Å². The fourth-order valence-corrected chi connectivity index (χ4v) is 7.68. The van der Waals surface area contributed by atoms with E-state index in [2.05, 4.69) is 25.1 Å². The van der Waals surface area contributed by atoms with Crippen LogP contribution in [0.4, 0.5) is 0 Å². The molecule has 1 aliphatic heterocycles. The van der Waals surface area contributed by atoms with Crippen molar-refractivity contribution in [3.63, 3.8) is 0 Å². The third-order valence-corrected chi connectivity index (χ3v) is 9.19. The Kier molecular flexibility index (Phi) is 4.49. The molecule has 32 heavy (non-hydrogen) atoms. The van der Waals surface area contributed by atoms with E-state index in [9.17, 15) is 9.90 Å². The topological polar surface area (TPSA) is 55.8 Å². The number of hydrogen-bond donors (Lipinski definition) is 1. The molecule has 0 aromatic heterocycles. The van der Waals surface area contributed by atoms with Gasteiger partial charge in [-0.05, 0) is 92.2 Å². The molecule has 4 heteroatoms. The van der Waals surface area contributed by atoms with Crippen LogP contribution in [0.25, 0.3) is 0 Å². The molecule has 1 aromatic rings. The first-order chi connectivity index (χ1) is 15.4. The summed E-state index contributed by atoms with van der Waals surface area (Å²) in [6.45, 7) is 4.61. The van der Waals surface area contributed by atoms with Crippen molar-refractivity contribution in [2.75, 3.05) is 6.79 Å². The molecule has 168 valence electrons. The number of allylic oxidation sites excluding steroid dienone is 5. The number of hydrogen-bond acceptors (Lipinski definition) is 4. The van der Waals surface area contributed by atoms with E-state index in [1.54, 1.807) is 5.57 Å². The smallest absolute Gasteiger partial charge is 0.231 e. The van der Waals surface area contributed by atoms with E-state index in [-0.39, 0.29) is 23.9 Å². The van der Waals surface area contributed by atoms with E-state index in [0.29, 0.717) is 18.3 Å². The van der Waals surface area contributed by atoms with Crippen LogP contribution in [-0.4, -0.2) is 23.3 Å². The standard InChI is InChI=1S/C28H32O4/c1-3-11-28(30)12-10-23-21-7-4-17-13-19(29)6-8-20(17)26(21)22(15-27(23,28)2)18-5-9-24-25(14-18)32-16-31-24/h3,5,9,11,13-14,21-23,30H,4,6-8,10,12,15-16H2,1-2H3/t21?,22-,23?,27+,28+/m1/s1. The summed E-state index contributed by atoms with van der Waals surface area (Å²) >= 11 is 0. The molecule has 0 spiro atoms. The maximum absolute atomic E-state index is 12.2. The third-order valence-electron chi connectivity index (χ3n) is 9.19. The highest BCUT2D eigenvalue weighted by Crippen LogP contribution is 2.67. The lowest BCUT2D eigenvalue weighted by Gasteiger charge is -2.54. The van der Waals surface area contributed by atoms with Gasteiger partial charge in [0.25, 0.3) is 0 Å². The molecule has 5 atom stereocenters. The molecule has 1 aromatic carbocycles. The van der Waals surface area contributed by atoms with Gasteiger partial charge in [0.05, 0.1) is 5.60 Å². The average Bonchev–Trinajstić information content (AvgIpc) is 3.35. The van der Waals surface area contributed by atoms with Gasteiger partial charge >= 0.3 is 0 Å². The molecule has 4 nitrogen and oxygen atoms in total. The SMILES string of the molecule is CC=C[C@]1(O)CCC2C3CCC4=CC(=O)CCC4=C3[C@@H](c3ccc4c(c3)OCO4)C[C@@]21C. The summed E-state index contributed by atoms with van der Waals surface area (Å²) in [5.41, 5.74) is 4.54. The summed E-state index contributed by atoms with van der Waals surface area (Å²) < 4.78 is 11.3. The van der Waals surface area contributed by atoms with Crippen LogP contribution in [0, 0.1) is 17.3 Å². The second-order valence-electron chi connectivity index (χ2n) is 10.6. The molecule has 4 aliphatic carbocycles. The quantitative estimate of drug-likeness (QED) is 0.616. The van der Waals surface area contributed by atoms with Crippen LogP contribution in [0.2, 0.25) is 0 Å². The average molecular weight is 433 g/mol. The van der Waals surface area contributed by atoms with Crippen LogP contribution in [0.1, 0.15) is 70.3 Å². The molecule has 2 unspecified atom stereocenters. The van der Waals surface area contributed by atoms with Gasteiger partial charge in [0.1, 0.15) is 0 Å². The van der Waals surface area contributed by atoms with Crippen LogP contribution in [0.15, 0.2) is 53.1 Å². The summed E-state index contributed by atoms with van der Waals surface area (Å²) in [5, 5.41) is 11.8. The molecular weight excluding hydrogens is 400 g/mol. The van der Waals surface area contributed by atoms with Crippen LogP contribution >= 0.6 is 0 Å². The third kappa shape index (κ3) is 2.75. The Labute approximate surface area is 190 Å². The lowest BCUT2D eigenvalue weighted by Crippen LogP contribution is -2.50. The van der Waals surface area contributed by atoms with Crippen molar-refractivity contribution in [3.8, 4) is 11.5 Å². The number of fused-ring (bicyclic) bond motifs is 5. The second-order valence-corrected chi connectivity index (χ2v) is 10.6. The fraction of sp³-hybridized carbons (Fsp3) is 0.536. The minimum absolute atomic E-state index is 0.180. The summed E-state index contributed by atoms with van der Waals surface area (Å²) in [5.74, 6) is 3.04. The zero-order valence-corrected chi connectivity index (χ0v) is 19.0. The summed E-state index contributed by atoms with van der Waals surface area (Å²) in [6, 6.07) is 6.36. The van der Waals surface area contributed by atoms with Gasteiger partial charge in [-0.3, -0.25) is 4.79 Å². The molecule has 0 radical (unpaired) electrons. The highest BCUT2D eigenvalue weighted by Gasteiger charge is 2.61. The number of ether oxygens (including phenoxy) is 2. The Morgan fingerprint density at radius 2 is 1.97 bits per heavy atom. The number of rotatable bonds is 2. The molecule has 1 heterocycles. The summed E-state index contributed by atoms with van der Waals surface area (Å²) in [7, 11) is 0. The van der Waals surface area contributed by atoms with Gasteiger partial charge in [0.2, 0.25) is 6.79 Å². The Morgan fingerprint density at radius 3 is 2.81 bits per heavy atom. The van der Waals surface area contributed by atoms with Gasteiger partial charge < -0.3 is 14.6 Å². The van der Waals surface area contributed by atoms with Crippen molar-refractivity contribution in [1.29, 1.82) is 0 Å². The van der Waals surface area contributed by atoms with E-state index in [4.69, 9.17) is 9.47 Å². The van der Waals surface area contributed by atoms with Gasteiger partial charge in [0, 0.05) is 17.8 Å². The maximum Gasteiger partial charge on any atom is 0.231 e. The number of ketones is 1. The number of aliphatic hydroxyl groups is 1. The van der Waals surface area contributed by atoms with E-state index in [1.165, 1.54) is 16.7 Å². The Balaban J connectivity index is 1.53. The zero-order valence-electron chi connectivity index (χ0n) is 19.0. The van der Waals surface area contributed by atoms with E-state index in [1.807, 2.05) is 25.1 Å². The monoisotopic (exact) mass is 432 g/mol. The lowest BCUT2D eigenvalue weighted by molar-refractivity contribution is -0.114. The Morgan fingerprint density at radius 1 is 1.12 bits per heavy atom. The van der Waals surface area contributed by atoms with Crippen molar-refractivity contribution in [2.45, 2.75) is 70.3 Å². The Hall–Kier alpha value is -2.33. The normalized spacial score (nSPS) is 37.9. The molecular formula is C28H32O4. The molecule has 0 bridgehead atoms. The zero-order chi connectivity index (χ0) is 22.1. The molecule has 0 saturated heterocycles.